The lowest BCUT2D eigenvalue weighted by Crippen LogP contribution is -2.19. The molecule has 0 amide bonds. The Labute approximate surface area is 108 Å². The molecule has 1 unspecified atom stereocenters. The van der Waals surface area contributed by atoms with Crippen molar-refractivity contribution < 1.29 is 0 Å². The SMILES string of the molecule is CCn1nc(C)cc1CC(N)c1cc(C)nn1C. The van der Waals surface area contributed by atoms with Gasteiger partial charge in [-0.2, -0.15) is 10.2 Å². The minimum atomic E-state index is -0.0439. The van der Waals surface area contributed by atoms with Gasteiger partial charge in [-0.15, -0.1) is 0 Å². The Morgan fingerprint density at radius 2 is 1.89 bits per heavy atom. The summed E-state index contributed by atoms with van der Waals surface area (Å²) in [6.07, 6.45) is 0.785. The van der Waals surface area contributed by atoms with Crippen molar-refractivity contribution in [2.24, 2.45) is 12.8 Å². The van der Waals surface area contributed by atoms with Gasteiger partial charge in [-0.25, -0.2) is 0 Å². The largest absolute Gasteiger partial charge is 0.322 e. The maximum absolute atomic E-state index is 6.27. The lowest BCUT2D eigenvalue weighted by Gasteiger charge is -2.12. The van der Waals surface area contributed by atoms with E-state index in [1.165, 1.54) is 5.69 Å². The lowest BCUT2D eigenvalue weighted by atomic mass is 10.1. The van der Waals surface area contributed by atoms with E-state index in [1.54, 1.807) is 0 Å². The van der Waals surface area contributed by atoms with Crippen molar-refractivity contribution in [3.8, 4) is 0 Å². The van der Waals surface area contributed by atoms with Crippen LogP contribution in [0.15, 0.2) is 12.1 Å². The molecular weight excluding hydrogens is 226 g/mol. The van der Waals surface area contributed by atoms with Crippen LogP contribution in [0.3, 0.4) is 0 Å². The summed E-state index contributed by atoms with van der Waals surface area (Å²) in [6.45, 7) is 6.96. The molecule has 0 aliphatic carbocycles. The fraction of sp³-hybridized carbons (Fsp3) is 0.538. The fourth-order valence-electron chi connectivity index (χ4n) is 2.34. The van der Waals surface area contributed by atoms with Gasteiger partial charge >= 0.3 is 0 Å². The van der Waals surface area contributed by atoms with E-state index in [4.69, 9.17) is 5.73 Å². The van der Waals surface area contributed by atoms with Crippen molar-refractivity contribution in [1.29, 1.82) is 0 Å². The molecular formula is C13H21N5. The first-order chi connectivity index (χ1) is 8.51. The molecule has 5 heteroatoms. The Bertz CT molecular complexity index is 538. The summed E-state index contributed by atoms with van der Waals surface area (Å²) in [6, 6.07) is 4.11. The summed E-state index contributed by atoms with van der Waals surface area (Å²) in [4.78, 5) is 0. The van der Waals surface area contributed by atoms with Crippen LogP contribution < -0.4 is 5.73 Å². The smallest absolute Gasteiger partial charge is 0.0597 e. The highest BCUT2D eigenvalue weighted by Crippen LogP contribution is 2.17. The molecule has 0 bridgehead atoms. The van der Waals surface area contributed by atoms with Crippen LogP contribution >= 0.6 is 0 Å². The highest BCUT2D eigenvalue weighted by molar-refractivity contribution is 5.17. The number of aryl methyl sites for hydroxylation is 4. The molecule has 0 spiro atoms. The quantitative estimate of drug-likeness (QED) is 0.890. The molecule has 0 radical (unpaired) electrons. The predicted octanol–water partition coefficient (Wildman–Crippen LogP) is 1.50. The zero-order valence-electron chi connectivity index (χ0n) is 11.5. The highest BCUT2D eigenvalue weighted by Gasteiger charge is 2.15. The van der Waals surface area contributed by atoms with Gasteiger partial charge in [-0.05, 0) is 32.9 Å². The Morgan fingerprint density at radius 3 is 2.44 bits per heavy atom. The van der Waals surface area contributed by atoms with Crippen LogP contribution in [0.2, 0.25) is 0 Å². The summed E-state index contributed by atoms with van der Waals surface area (Å²) >= 11 is 0. The Morgan fingerprint density at radius 1 is 1.22 bits per heavy atom. The van der Waals surface area contributed by atoms with Crippen LogP contribution in [-0.4, -0.2) is 19.6 Å². The third kappa shape index (κ3) is 2.46. The zero-order valence-corrected chi connectivity index (χ0v) is 11.5. The molecule has 5 nitrogen and oxygen atoms in total. The molecule has 2 aromatic heterocycles. The molecule has 18 heavy (non-hydrogen) atoms. The molecule has 0 aliphatic rings. The third-order valence-electron chi connectivity index (χ3n) is 3.13. The van der Waals surface area contributed by atoms with Gasteiger partial charge in [0.15, 0.2) is 0 Å². The van der Waals surface area contributed by atoms with Gasteiger partial charge < -0.3 is 5.73 Å². The van der Waals surface area contributed by atoms with Crippen LogP contribution in [0.1, 0.15) is 35.7 Å². The second-order valence-electron chi connectivity index (χ2n) is 4.74. The van der Waals surface area contributed by atoms with E-state index in [1.807, 2.05) is 36.3 Å². The van der Waals surface area contributed by atoms with Crippen LogP contribution in [0.5, 0.6) is 0 Å². The minimum Gasteiger partial charge on any atom is -0.322 e. The van der Waals surface area contributed by atoms with Crippen molar-refractivity contribution >= 4 is 0 Å². The van der Waals surface area contributed by atoms with Crippen LogP contribution in [0.25, 0.3) is 0 Å². The first-order valence-corrected chi connectivity index (χ1v) is 6.30. The molecule has 2 N–H and O–H groups in total. The van der Waals surface area contributed by atoms with Gasteiger partial charge in [0.25, 0.3) is 0 Å². The van der Waals surface area contributed by atoms with Crippen molar-refractivity contribution in [3.05, 3.63) is 34.9 Å². The van der Waals surface area contributed by atoms with E-state index >= 15 is 0 Å². The maximum atomic E-state index is 6.27. The summed E-state index contributed by atoms with van der Waals surface area (Å²) in [5.74, 6) is 0. The van der Waals surface area contributed by atoms with Crippen LogP contribution in [0.4, 0.5) is 0 Å². The first kappa shape index (κ1) is 12.8. The molecule has 2 aromatic rings. The highest BCUT2D eigenvalue weighted by atomic mass is 15.3. The van der Waals surface area contributed by atoms with Crippen molar-refractivity contribution in [2.75, 3.05) is 0 Å². The fourth-order valence-corrected chi connectivity index (χ4v) is 2.34. The number of nitrogens with two attached hydrogens (primary N) is 1. The number of rotatable bonds is 4. The van der Waals surface area contributed by atoms with Crippen molar-refractivity contribution in [3.63, 3.8) is 0 Å². The van der Waals surface area contributed by atoms with E-state index < -0.39 is 0 Å². The van der Waals surface area contributed by atoms with Gasteiger partial charge in [0.1, 0.15) is 0 Å². The topological polar surface area (TPSA) is 61.7 Å². The zero-order chi connectivity index (χ0) is 13.3. The van der Waals surface area contributed by atoms with Crippen molar-refractivity contribution in [2.45, 2.75) is 39.8 Å². The molecule has 0 aliphatic heterocycles. The van der Waals surface area contributed by atoms with E-state index in [-0.39, 0.29) is 6.04 Å². The van der Waals surface area contributed by atoms with Gasteiger partial charge in [0.05, 0.1) is 23.1 Å². The molecule has 98 valence electrons. The number of hydrogen-bond acceptors (Lipinski definition) is 3. The standard InChI is InChI=1S/C13H21N5/c1-5-18-11(6-9(2)16-18)8-12(14)13-7-10(3)15-17(13)4/h6-7,12H,5,8,14H2,1-4H3. The number of nitrogens with zero attached hydrogens (tertiary/aromatic N) is 4. The van der Waals surface area contributed by atoms with Crippen LogP contribution in [0, 0.1) is 13.8 Å². The van der Waals surface area contributed by atoms with Gasteiger partial charge in [0, 0.05) is 25.7 Å². The molecule has 1 atom stereocenters. The van der Waals surface area contributed by atoms with Gasteiger partial charge in [-0.3, -0.25) is 9.36 Å². The summed E-state index contributed by atoms with van der Waals surface area (Å²) in [5.41, 5.74) is 10.6. The van der Waals surface area contributed by atoms with E-state index in [9.17, 15) is 0 Å². The average molecular weight is 247 g/mol. The van der Waals surface area contributed by atoms with Gasteiger partial charge in [-0.1, -0.05) is 0 Å². The second-order valence-corrected chi connectivity index (χ2v) is 4.74. The molecule has 0 saturated carbocycles. The molecule has 2 heterocycles. The Balaban J connectivity index is 2.20. The molecule has 0 saturated heterocycles. The lowest BCUT2D eigenvalue weighted by molar-refractivity contribution is 0.562. The maximum Gasteiger partial charge on any atom is 0.0597 e. The summed E-state index contributed by atoms with van der Waals surface area (Å²) in [5, 5.41) is 8.78. The van der Waals surface area contributed by atoms with Crippen molar-refractivity contribution in [1.82, 2.24) is 19.6 Å². The monoisotopic (exact) mass is 247 g/mol. The van der Waals surface area contributed by atoms with Crippen LogP contribution in [-0.2, 0) is 20.0 Å². The summed E-state index contributed by atoms with van der Waals surface area (Å²) < 4.78 is 3.87. The number of hydrogen-bond donors (Lipinski definition) is 1. The first-order valence-electron chi connectivity index (χ1n) is 6.30. The minimum absolute atomic E-state index is 0.0439. The third-order valence-corrected chi connectivity index (χ3v) is 3.13. The van der Waals surface area contributed by atoms with E-state index in [0.29, 0.717) is 0 Å². The van der Waals surface area contributed by atoms with Gasteiger partial charge in [0.2, 0.25) is 0 Å². The molecule has 0 fully saturated rings. The molecule has 0 aromatic carbocycles. The normalized spacial score (nSPS) is 12.9. The Hall–Kier alpha value is -1.62. The van der Waals surface area contributed by atoms with E-state index in [2.05, 4.69) is 23.2 Å². The average Bonchev–Trinajstić information content (AvgIpc) is 2.81. The van der Waals surface area contributed by atoms with E-state index in [0.717, 1.165) is 30.0 Å². The number of aromatic nitrogens is 4. The predicted molar refractivity (Wildman–Crippen MR) is 71.2 cm³/mol. The second kappa shape index (κ2) is 4.94. The Kier molecular flexibility index (Phi) is 3.52. The summed E-state index contributed by atoms with van der Waals surface area (Å²) in [7, 11) is 1.94. The molecule has 2 rings (SSSR count).